The van der Waals surface area contributed by atoms with Crippen LogP contribution in [0.3, 0.4) is 0 Å². The molecule has 120 valence electrons. The summed E-state index contributed by atoms with van der Waals surface area (Å²) in [5.41, 5.74) is 3.27. The van der Waals surface area contributed by atoms with Gasteiger partial charge in [0.1, 0.15) is 0 Å². The van der Waals surface area contributed by atoms with Crippen molar-refractivity contribution in [3.63, 3.8) is 0 Å². The molecule has 2 aromatic carbocycles. The molecule has 0 radical (unpaired) electrons. The summed E-state index contributed by atoms with van der Waals surface area (Å²) in [5.74, 6) is -0.463. The quantitative estimate of drug-likeness (QED) is 0.883. The van der Waals surface area contributed by atoms with Gasteiger partial charge in [-0.15, -0.1) is 0 Å². The van der Waals surface area contributed by atoms with Crippen LogP contribution in [0.5, 0.6) is 0 Å². The van der Waals surface area contributed by atoms with Gasteiger partial charge in [0.2, 0.25) is 11.8 Å². The molecule has 2 amide bonds. The van der Waals surface area contributed by atoms with E-state index in [-0.39, 0.29) is 18.4 Å². The van der Waals surface area contributed by atoms with Gasteiger partial charge in [0.05, 0.1) is 6.54 Å². The summed E-state index contributed by atoms with van der Waals surface area (Å²) in [6.07, 6.45) is 0. The van der Waals surface area contributed by atoms with Crippen LogP contribution in [0.4, 0.5) is 5.69 Å². The van der Waals surface area contributed by atoms with E-state index in [0.717, 1.165) is 4.90 Å². The van der Waals surface area contributed by atoms with E-state index in [1.807, 2.05) is 24.3 Å². The maximum absolute atomic E-state index is 11.6. The minimum atomic E-state index is -0.241. The number of nitrogens with one attached hydrogen (secondary N) is 2. The van der Waals surface area contributed by atoms with Gasteiger partial charge >= 0.3 is 0 Å². The third-order valence-corrected chi connectivity index (χ3v) is 4.35. The second kappa shape index (κ2) is 7.83. The molecular formula is C18H20N2O2S. The number of hydrogen-bond donors (Lipinski definition) is 2. The van der Waals surface area contributed by atoms with Gasteiger partial charge in [0, 0.05) is 22.4 Å². The molecule has 0 atom stereocenters. The Morgan fingerprint density at radius 3 is 2.22 bits per heavy atom. The predicted octanol–water partition coefficient (Wildman–Crippen LogP) is 3.53. The van der Waals surface area contributed by atoms with Crippen LogP contribution in [-0.2, 0) is 9.59 Å². The monoisotopic (exact) mass is 328 g/mol. The molecule has 0 aliphatic rings. The van der Waals surface area contributed by atoms with Crippen molar-refractivity contribution >= 4 is 29.3 Å². The number of anilines is 1. The maximum atomic E-state index is 11.6. The summed E-state index contributed by atoms with van der Waals surface area (Å²) in [6.45, 7) is 5.57. The number of hydrogen-bond acceptors (Lipinski definition) is 3. The standard InChI is InChI=1S/C18H20N2O2S/c1-12-4-7-17(10-13(12)2)23-16-8-5-15(6-9-16)20-18(22)11-19-14(3)21/h4-10H,11H2,1-3H3,(H,19,21)(H,20,22). The first-order valence-electron chi connectivity index (χ1n) is 7.33. The van der Waals surface area contributed by atoms with Crippen molar-refractivity contribution in [2.75, 3.05) is 11.9 Å². The highest BCUT2D eigenvalue weighted by Crippen LogP contribution is 2.29. The van der Waals surface area contributed by atoms with E-state index in [2.05, 4.69) is 42.7 Å². The summed E-state index contributed by atoms with van der Waals surface area (Å²) in [7, 11) is 0. The molecule has 0 unspecified atom stereocenters. The molecule has 2 N–H and O–H groups in total. The molecule has 5 heteroatoms. The summed E-state index contributed by atoms with van der Waals surface area (Å²) in [4.78, 5) is 24.7. The maximum Gasteiger partial charge on any atom is 0.243 e. The molecular weight excluding hydrogens is 308 g/mol. The predicted molar refractivity (Wildman–Crippen MR) is 93.8 cm³/mol. The second-order valence-electron chi connectivity index (χ2n) is 5.33. The van der Waals surface area contributed by atoms with Crippen molar-refractivity contribution in [3.05, 3.63) is 53.6 Å². The van der Waals surface area contributed by atoms with Gasteiger partial charge in [-0.25, -0.2) is 0 Å². The molecule has 0 aliphatic heterocycles. The minimum Gasteiger partial charge on any atom is -0.347 e. The SMILES string of the molecule is CC(=O)NCC(=O)Nc1ccc(Sc2ccc(C)c(C)c2)cc1. The molecule has 0 fully saturated rings. The highest BCUT2D eigenvalue weighted by atomic mass is 32.2. The van der Waals surface area contributed by atoms with Gasteiger partial charge in [-0.1, -0.05) is 17.8 Å². The van der Waals surface area contributed by atoms with Crippen molar-refractivity contribution in [1.29, 1.82) is 0 Å². The molecule has 0 aromatic heterocycles. The van der Waals surface area contributed by atoms with E-state index in [1.54, 1.807) is 11.8 Å². The zero-order valence-corrected chi connectivity index (χ0v) is 14.3. The molecule has 0 saturated carbocycles. The molecule has 0 bridgehead atoms. The molecule has 0 aliphatic carbocycles. The van der Waals surface area contributed by atoms with Crippen LogP contribution < -0.4 is 10.6 Å². The second-order valence-corrected chi connectivity index (χ2v) is 6.48. The first kappa shape index (κ1) is 17.1. The van der Waals surface area contributed by atoms with Crippen LogP contribution in [0.15, 0.2) is 52.3 Å². The zero-order valence-electron chi connectivity index (χ0n) is 13.5. The molecule has 2 rings (SSSR count). The van der Waals surface area contributed by atoms with Crippen molar-refractivity contribution in [2.45, 2.75) is 30.6 Å². The highest BCUT2D eigenvalue weighted by Gasteiger charge is 2.04. The van der Waals surface area contributed by atoms with Gasteiger partial charge < -0.3 is 10.6 Å². The minimum absolute atomic E-state index is 0.0194. The normalized spacial score (nSPS) is 10.2. The number of carbonyl (C=O) groups is 2. The topological polar surface area (TPSA) is 58.2 Å². The zero-order chi connectivity index (χ0) is 16.8. The third kappa shape index (κ3) is 5.45. The van der Waals surface area contributed by atoms with Gasteiger partial charge in [0.15, 0.2) is 0 Å². The number of benzene rings is 2. The molecule has 2 aromatic rings. The third-order valence-electron chi connectivity index (χ3n) is 3.35. The van der Waals surface area contributed by atoms with Gasteiger partial charge in [-0.05, 0) is 61.4 Å². The Morgan fingerprint density at radius 2 is 1.61 bits per heavy atom. The van der Waals surface area contributed by atoms with Gasteiger partial charge in [-0.3, -0.25) is 9.59 Å². The van der Waals surface area contributed by atoms with E-state index < -0.39 is 0 Å². The van der Waals surface area contributed by atoms with E-state index >= 15 is 0 Å². The molecule has 0 spiro atoms. The van der Waals surface area contributed by atoms with E-state index in [1.165, 1.54) is 22.9 Å². The Morgan fingerprint density at radius 1 is 0.957 bits per heavy atom. The van der Waals surface area contributed by atoms with Crippen LogP contribution >= 0.6 is 11.8 Å². The first-order valence-corrected chi connectivity index (χ1v) is 8.15. The number of aryl methyl sites for hydroxylation is 2. The van der Waals surface area contributed by atoms with Crippen molar-refractivity contribution < 1.29 is 9.59 Å². The van der Waals surface area contributed by atoms with E-state index in [4.69, 9.17) is 0 Å². The summed E-state index contributed by atoms with van der Waals surface area (Å²) >= 11 is 1.68. The lowest BCUT2D eigenvalue weighted by molar-refractivity contribution is -0.122. The van der Waals surface area contributed by atoms with E-state index in [0.29, 0.717) is 5.69 Å². The largest absolute Gasteiger partial charge is 0.347 e. The molecule has 0 saturated heterocycles. The fourth-order valence-electron chi connectivity index (χ4n) is 1.93. The van der Waals surface area contributed by atoms with Crippen LogP contribution in [0.25, 0.3) is 0 Å². The average molecular weight is 328 g/mol. The lowest BCUT2D eigenvalue weighted by atomic mass is 10.1. The average Bonchev–Trinajstić information content (AvgIpc) is 2.51. The van der Waals surface area contributed by atoms with Gasteiger partial charge in [-0.2, -0.15) is 0 Å². The molecule has 23 heavy (non-hydrogen) atoms. The number of amides is 2. The summed E-state index contributed by atoms with van der Waals surface area (Å²) in [6, 6.07) is 14.0. The number of carbonyl (C=O) groups excluding carboxylic acids is 2. The summed E-state index contributed by atoms with van der Waals surface area (Å²) < 4.78 is 0. The van der Waals surface area contributed by atoms with Crippen LogP contribution in [0.2, 0.25) is 0 Å². The summed E-state index contributed by atoms with van der Waals surface area (Å²) in [5, 5.41) is 5.21. The molecule has 0 heterocycles. The van der Waals surface area contributed by atoms with Crippen LogP contribution in [0, 0.1) is 13.8 Å². The fourth-order valence-corrected chi connectivity index (χ4v) is 2.85. The smallest absolute Gasteiger partial charge is 0.243 e. The number of rotatable bonds is 5. The lowest BCUT2D eigenvalue weighted by Crippen LogP contribution is -2.31. The molecule has 4 nitrogen and oxygen atoms in total. The fraction of sp³-hybridized carbons (Fsp3) is 0.222. The Kier molecular flexibility index (Phi) is 5.82. The Bertz CT molecular complexity index is 711. The lowest BCUT2D eigenvalue weighted by Gasteiger charge is -2.08. The van der Waals surface area contributed by atoms with Crippen molar-refractivity contribution in [3.8, 4) is 0 Å². The van der Waals surface area contributed by atoms with Crippen LogP contribution in [0.1, 0.15) is 18.1 Å². The Labute approximate surface area is 140 Å². The van der Waals surface area contributed by atoms with Crippen molar-refractivity contribution in [1.82, 2.24) is 5.32 Å². The van der Waals surface area contributed by atoms with Gasteiger partial charge in [0.25, 0.3) is 0 Å². The van der Waals surface area contributed by atoms with Crippen LogP contribution in [-0.4, -0.2) is 18.4 Å². The Hall–Kier alpha value is -2.27. The van der Waals surface area contributed by atoms with Crippen molar-refractivity contribution in [2.24, 2.45) is 0 Å². The Balaban J connectivity index is 1.95. The first-order chi connectivity index (χ1) is 10.9. The highest BCUT2D eigenvalue weighted by molar-refractivity contribution is 7.99. The van der Waals surface area contributed by atoms with E-state index in [9.17, 15) is 9.59 Å².